The maximum Gasteiger partial charge on any atom is 0.404 e. The van der Waals surface area contributed by atoms with Crippen molar-refractivity contribution in [2.75, 3.05) is 13.2 Å². The lowest BCUT2D eigenvalue weighted by molar-refractivity contribution is -0.0464. The lowest BCUT2D eigenvalue weighted by Crippen LogP contribution is -2.20. The summed E-state index contributed by atoms with van der Waals surface area (Å²) in [5.41, 5.74) is 1.61. The van der Waals surface area contributed by atoms with Crippen molar-refractivity contribution >= 4 is 29.5 Å². The van der Waals surface area contributed by atoms with Gasteiger partial charge in [0.05, 0.1) is 18.2 Å². The van der Waals surface area contributed by atoms with Crippen LogP contribution >= 0.6 is 23.4 Å². The van der Waals surface area contributed by atoms with Gasteiger partial charge in [-0.2, -0.15) is 0 Å². The highest BCUT2D eigenvalue weighted by atomic mass is 35.5. The van der Waals surface area contributed by atoms with Gasteiger partial charge in [-0.1, -0.05) is 35.5 Å². The number of aromatic nitrogens is 1. The van der Waals surface area contributed by atoms with Crippen LogP contribution in [0, 0.1) is 0 Å². The third kappa shape index (κ3) is 3.99. The van der Waals surface area contributed by atoms with Gasteiger partial charge in [-0.05, 0) is 23.8 Å². The van der Waals surface area contributed by atoms with E-state index < -0.39 is 12.4 Å². The Morgan fingerprint density at radius 1 is 1.33 bits per heavy atom. The van der Waals surface area contributed by atoms with Crippen molar-refractivity contribution in [3.8, 4) is 0 Å². The third-order valence-electron chi connectivity index (χ3n) is 3.35. The monoisotopic (exact) mass is 366 g/mol. The molecule has 0 saturated carbocycles. The molecule has 8 heteroatoms. The standard InChI is InChI=1S/C16H15ClN2O4S/c17-12-5-1-3-10(9-19-16(20)21)13(12)24-14-11(4-2-6-18-14)15-22-7-8-23-15/h1-6,15,19H,7-9H2,(H,20,21). The topological polar surface area (TPSA) is 80.7 Å². The Kier molecular flexibility index (Phi) is 5.57. The summed E-state index contributed by atoms with van der Waals surface area (Å²) in [6.07, 6.45) is 0.161. The summed E-state index contributed by atoms with van der Waals surface area (Å²) in [5.74, 6) is 0. The third-order valence-corrected chi connectivity index (χ3v) is 5.00. The molecule has 1 amide bonds. The molecule has 1 aliphatic heterocycles. The van der Waals surface area contributed by atoms with Gasteiger partial charge in [0, 0.05) is 23.2 Å². The van der Waals surface area contributed by atoms with Crippen molar-refractivity contribution in [2.24, 2.45) is 0 Å². The Morgan fingerprint density at radius 3 is 2.88 bits per heavy atom. The van der Waals surface area contributed by atoms with Crippen molar-refractivity contribution in [3.05, 3.63) is 52.7 Å². The Labute approximate surface area is 148 Å². The largest absolute Gasteiger partial charge is 0.465 e. The van der Waals surface area contributed by atoms with Gasteiger partial charge in [0.25, 0.3) is 0 Å². The van der Waals surface area contributed by atoms with Crippen molar-refractivity contribution < 1.29 is 19.4 Å². The SMILES string of the molecule is O=C(O)NCc1cccc(Cl)c1Sc1ncccc1C1OCCO1. The number of carbonyl (C=O) groups is 1. The van der Waals surface area contributed by atoms with Crippen LogP contribution in [0.2, 0.25) is 5.02 Å². The van der Waals surface area contributed by atoms with E-state index in [0.29, 0.717) is 23.3 Å². The van der Waals surface area contributed by atoms with E-state index >= 15 is 0 Å². The number of hydrogen-bond donors (Lipinski definition) is 2. The van der Waals surface area contributed by atoms with Gasteiger partial charge in [0.2, 0.25) is 0 Å². The quantitative estimate of drug-likeness (QED) is 0.839. The molecule has 1 fully saturated rings. The maximum absolute atomic E-state index is 10.8. The van der Waals surface area contributed by atoms with E-state index in [1.807, 2.05) is 18.2 Å². The van der Waals surface area contributed by atoms with Crippen molar-refractivity contribution in [1.29, 1.82) is 0 Å². The van der Waals surface area contributed by atoms with Crippen LogP contribution in [0.25, 0.3) is 0 Å². The number of ether oxygens (including phenoxy) is 2. The minimum atomic E-state index is -1.09. The number of amides is 1. The molecule has 1 aromatic carbocycles. The zero-order valence-electron chi connectivity index (χ0n) is 12.6. The molecule has 2 heterocycles. The minimum absolute atomic E-state index is 0.164. The number of nitrogens with zero attached hydrogens (tertiary/aromatic N) is 1. The molecule has 0 aliphatic carbocycles. The Balaban J connectivity index is 1.90. The Bertz CT molecular complexity index is 738. The summed E-state index contributed by atoms with van der Waals surface area (Å²) in [4.78, 5) is 15.9. The van der Waals surface area contributed by atoms with Crippen LogP contribution in [0.15, 0.2) is 46.5 Å². The average Bonchev–Trinajstić information content (AvgIpc) is 3.10. The number of benzene rings is 1. The van der Waals surface area contributed by atoms with Crippen molar-refractivity contribution in [2.45, 2.75) is 22.8 Å². The molecule has 0 bridgehead atoms. The van der Waals surface area contributed by atoms with E-state index in [4.69, 9.17) is 26.2 Å². The number of nitrogens with one attached hydrogen (secondary N) is 1. The number of hydrogen-bond acceptors (Lipinski definition) is 5. The number of pyridine rings is 1. The number of rotatable bonds is 5. The molecule has 2 aromatic rings. The summed E-state index contributed by atoms with van der Waals surface area (Å²) in [6, 6.07) is 9.10. The van der Waals surface area contributed by atoms with Gasteiger partial charge in [0.15, 0.2) is 6.29 Å². The van der Waals surface area contributed by atoms with E-state index in [0.717, 1.165) is 16.0 Å². The smallest absolute Gasteiger partial charge is 0.404 e. The number of carboxylic acid groups (broad SMARTS) is 1. The first-order chi connectivity index (χ1) is 11.6. The van der Waals surface area contributed by atoms with Gasteiger partial charge in [0.1, 0.15) is 5.03 Å². The molecule has 126 valence electrons. The first-order valence-electron chi connectivity index (χ1n) is 7.25. The molecule has 1 aliphatic rings. The predicted molar refractivity (Wildman–Crippen MR) is 89.3 cm³/mol. The molecule has 0 spiro atoms. The van der Waals surface area contributed by atoms with Crippen LogP contribution in [-0.2, 0) is 16.0 Å². The molecule has 1 saturated heterocycles. The fraction of sp³-hybridized carbons (Fsp3) is 0.250. The molecular weight excluding hydrogens is 352 g/mol. The molecule has 0 unspecified atom stereocenters. The first-order valence-corrected chi connectivity index (χ1v) is 8.45. The van der Waals surface area contributed by atoms with Crippen molar-refractivity contribution in [3.63, 3.8) is 0 Å². The fourth-order valence-electron chi connectivity index (χ4n) is 2.28. The summed E-state index contributed by atoms with van der Waals surface area (Å²) in [6.45, 7) is 1.25. The summed E-state index contributed by atoms with van der Waals surface area (Å²) < 4.78 is 11.1. The molecule has 1 aromatic heterocycles. The molecule has 6 nitrogen and oxygen atoms in total. The second-order valence-corrected chi connectivity index (χ2v) is 6.37. The Hall–Kier alpha value is -1.80. The first kappa shape index (κ1) is 17.0. The van der Waals surface area contributed by atoms with Crippen LogP contribution in [0.5, 0.6) is 0 Å². The van der Waals surface area contributed by atoms with E-state index in [9.17, 15) is 4.79 Å². The predicted octanol–water partition coefficient (Wildman–Crippen LogP) is 3.70. The highest BCUT2D eigenvalue weighted by Gasteiger charge is 2.23. The molecular formula is C16H15ClN2O4S. The van der Waals surface area contributed by atoms with Crippen LogP contribution < -0.4 is 5.32 Å². The molecule has 0 radical (unpaired) electrons. The van der Waals surface area contributed by atoms with E-state index in [-0.39, 0.29) is 6.54 Å². The fourth-order valence-corrected chi connectivity index (χ4v) is 3.62. The summed E-state index contributed by atoms with van der Waals surface area (Å²) in [5, 5.41) is 12.4. The average molecular weight is 367 g/mol. The summed E-state index contributed by atoms with van der Waals surface area (Å²) in [7, 11) is 0. The normalized spacial score (nSPS) is 14.7. The van der Waals surface area contributed by atoms with Gasteiger partial charge in [-0.15, -0.1) is 0 Å². The molecule has 2 N–H and O–H groups in total. The second kappa shape index (κ2) is 7.85. The lowest BCUT2D eigenvalue weighted by atomic mass is 10.2. The molecule has 24 heavy (non-hydrogen) atoms. The van der Waals surface area contributed by atoms with Crippen LogP contribution in [-0.4, -0.2) is 29.4 Å². The van der Waals surface area contributed by atoms with E-state index in [2.05, 4.69) is 10.3 Å². The second-order valence-electron chi connectivity index (χ2n) is 4.96. The van der Waals surface area contributed by atoms with Crippen LogP contribution in [0.1, 0.15) is 17.4 Å². The lowest BCUT2D eigenvalue weighted by Gasteiger charge is -2.15. The minimum Gasteiger partial charge on any atom is -0.465 e. The van der Waals surface area contributed by atoms with Gasteiger partial charge in [-0.3, -0.25) is 0 Å². The van der Waals surface area contributed by atoms with E-state index in [1.165, 1.54) is 11.8 Å². The van der Waals surface area contributed by atoms with E-state index in [1.54, 1.807) is 18.3 Å². The van der Waals surface area contributed by atoms with Gasteiger partial charge in [-0.25, -0.2) is 9.78 Å². The van der Waals surface area contributed by atoms with Gasteiger partial charge >= 0.3 is 6.09 Å². The highest BCUT2D eigenvalue weighted by molar-refractivity contribution is 7.99. The molecule has 0 atom stereocenters. The maximum atomic E-state index is 10.8. The Morgan fingerprint density at radius 2 is 2.12 bits per heavy atom. The van der Waals surface area contributed by atoms with Gasteiger partial charge < -0.3 is 19.9 Å². The van der Waals surface area contributed by atoms with Crippen molar-refractivity contribution in [1.82, 2.24) is 10.3 Å². The zero-order valence-corrected chi connectivity index (χ0v) is 14.1. The number of halogens is 1. The highest BCUT2D eigenvalue weighted by Crippen LogP contribution is 2.39. The van der Waals surface area contributed by atoms with Crippen LogP contribution in [0.3, 0.4) is 0 Å². The summed E-state index contributed by atoms with van der Waals surface area (Å²) >= 11 is 7.69. The zero-order chi connectivity index (χ0) is 16.9. The molecule has 3 rings (SSSR count). The van der Waals surface area contributed by atoms with Crippen LogP contribution in [0.4, 0.5) is 4.79 Å².